The van der Waals surface area contributed by atoms with Crippen molar-refractivity contribution in [3.05, 3.63) is 52.6 Å². The molecule has 0 spiro atoms. The summed E-state index contributed by atoms with van der Waals surface area (Å²) in [5, 5.41) is 18.2. The molecule has 0 saturated heterocycles. The zero-order valence-electron chi connectivity index (χ0n) is 12.6. The van der Waals surface area contributed by atoms with E-state index in [4.69, 9.17) is 0 Å². The maximum Gasteiger partial charge on any atom is 0.247 e. The molecule has 0 unspecified atom stereocenters. The normalized spacial score (nSPS) is 10.5. The van der Waals surface area contributed by atoms with Gasteiger partial charge in [-0.3, -0.25) is 0 Å². The number of halogens is 1. The third-order valence-electron chi connectivity index (χ3n) is 3.22. The fourth-order valence-corrected chi connectivity index (χ4v) is 2.57. The Labute approximate surface area is 142 Å². The van der Waals surface area contributed by atoms with Gasteiger partial charge in [0.05, 0.1) is 5.69 Å². The number of nitrogens with one attached hydrogen (secondary N) is 2. The molecule has 0 amide bonds. The molecule has 0 radical (unpaired) electrons. The third kappa shape index (κ3) is 3.84. The highest BCUT2D eigenvalue weighted by Crippen LogP contribution is 2.16. The lowest BCUT2D eigenvalue weighted by molar-refractivity contribution is 0.789. The fraction of sp³-hybridized carbons (Fsp3) is 0.200. The molecule has 0 saturated carbocycles. The van der Waals surface area contributed by atoms with Crippen molar-refractivity contribution in [1.29, 1.82) is 0 Å². The van der Waals surface area contributed by atoms with E-state index < -0.39 is 0 Å². The molecule has 0 atom stereocenters. The second-order valence-electron chi connectivity index (χ2n) is 4.92. The summed E-state index contributed by atoms with van der Waals surface area (Å²) < 4.78 is 2.64. The van der Waals surface area contributed by atoms with Crippen molar-refractivity contribution in [2.75, 3.05) is 23.7 Å². The Morgan fingerprint density at radius 2 is 1.91 bits per heavy atom. The van der Waals surface area contributed by atoms with Crippen molar-refractivity contribution in [1.82, 2.24) is 25.2 Å². The van der Waals surface area contributed by atoms with Crippen molar-refractivity contribution < 1.29 is 0 Å². The van der Waals surface area contributed by atoms with Crippen LogP contribution in [0.15, 0.2) is 47.1 Å². The topological polar surface area (TPSA) is 80.6 Å². The molecule has 8 heteroatoms. The smallest absolute Gasteiger partial charge is 0.247 e. The Morgan fingerprint density at radius 1 is 1.13 bits per heavy atom. The van der Waals surface area contributed by atoms with Gasteiger partial charge >= 0.3 is 0 Å². The van der Waals surface area contributed by atoms with Crippen LogP contribution in [0.3, 0.4) is 0 Å². The molecule has 0 aliphatic rings. The summed E-state index contributed by atoms with van der Waals surface area (Å²) in [6.45, 7) is 3.39. The molecule has 23 heavy (non-hydrogen) atoms. The van der Waals surface area contributed by atoms with Crippen LogP contribution in [-0.2, 0) is 0 Å². The Balaban J connectivity index is 1.57. The molecule has 2 heterocycles. The molecule has 0 aliphatic heterocycles. The van der Waals surface area contributed by atoms with E-state index in [2.05, 4.69) is 47.1 Å². The Morgan fingerprint density at radius 3 is 2.70 bits per heavy atom. The molecule has 0 bridgehead atoms. The van der Waals surface area contributed by atoms with Gasteiger partial charge in [-0.15, -0.1) is 0 Å². The summed E-state index contributed by atoms with van der Waals surface area (Å²) in [4.78, 5) is 4.35. The predicted molar refractivity (Wildman–Crippen MR) is 92.8 cm³/mol. The average molecular weight is 374 g/mol. The largest absolute Gasteiger partial charge is 0.368 e. The Hall–Kier alpha value is -2.48. The van der Waals surface area contributed by atoms with Crippen LogP contribution in [0, 0.1) is 6.92 Å². The molecule has 0 fully saturated rings. The van der Waals surface area contributed by atoms with Crippen LogP contribution in [0.1, 0.15) is 5.56 Å². The maximum absolute atomic E-state index is 4.35. The number of para-hydroxylation sites is 1. The van der Waals surface area contributed by atoms with Crippen LogP contribution >= 0.6 is 15.9 Å². The molecule has 2 N–H and O–H groups in total. The minimum absolute atomic E-state index is 0.610. The molecular formula is C15H16BrN7. The number of aryl methyl sites for hydroxylation is 1. The molecule has 3 aromatic rings. The van der Waals surface area contributed by atoms with Gasteiger partial charge < -0.3 is 10.6 Å². The van der Waals surface area contributed by atoms with Crippen molar-refractivity contribution in [2.45, 2.75) is 6.92 Å². The first-order valence-electron chi connectivity index (χ1n) is 7.18. The van der Waals surface area contributed by atoms with Gasteiger partial charge in [0, 0.05) is 23.8 Å². The third-order valence-corrected chi connectivity index (χ3v) is 3.65. The molecule has 7 nitrogen and oxygen atoms in total. The number of benzene rings is 1. The second-order valence-corrected chi connectivity index (χ2v) is 5.84. The first-order chi connectivity index (χ1) is 11.2. The lowest BCUT2D eigenvalue weighted by atomic mass is 10.3. The van der Waals surface area contributed by atoms with Gasteiger partial charge in [0.2, 0.25) is 5.95 Å². The van der Waals surface area contributed by atoms with Crippen molar-refractivity contribution in [3.63, 3.8) is 0 Å². The minimum atomic E-state index is 0.610. The van der Waals surface area contributed by atoms with Crippen LogP contribution in [0.25, 0.3) is 5.69 Å². The molecule has 2 aromatic heterocycles. The maximum atomic E-state index is 4.35. The zero-order valence-corrected chi connectivity index (χ0v) is 14.2. The van der Waals surface area contributed by atoms with E-state index >= 15 is 0 Å². The number of hydrogen-bond donors (Lipinski definition) is 2. The first kappa shape index (κ1) is 15.4. The van der Waals surface area contributed by atoms with Gasteiger partial charge in [-0.05, 0) is 57.0 Å². The van der Waals surface area contributed by atoms with Gasteiger partial charge in [0.15, 0.2) is 0 Å². The van der Waals surface area contributed by atoms with Gasteiger partial charge in [0.1, 0.15) is 5.82 Å². The monoisotopic (exact) mass is 373 g/mol. The highest BCUT2D eigenvalue weighted by molar-refractivity contribution is 9.10. The number of tetrazole rings is 1. The Bertz CT molecular complexity index is 773. The van der Waals surface area contributed by atoms with Crippen LogP contribution < -0.4 is 10.6 Å². The summed E-state index contributed by atoms with van der Waals surface area (Å²) in [6, 6.07) is 11.8. The van der Waals surface area contributed by atoms with Crippen molar-refractivity contribution in [2.24, 2.45) is 0 Å². The van der Waals surface area contributed by atoms with Gasteiger partial charge in [-0.1, -0.05) is 23.3 Å². The Kier molecular flexibility index (Phi) is 4.82. The first-order valence-corrected chi connectivity index (χ1v) is 7.97. The lowest BCUT2D eigenvalue weighted by Gasteiger charge is -2.10. The van der Waals surface area contributed by atoms with Crippen LogP contribution in [0.5, 0.6) is 0 Å². The average Bonchev–Trinajstić information content (AvgIpc) is 3.02. The summed E-state index contributed by atoms with van der Waals surface area (Å²) in [5.74, 6) is 1.48. The van der Waals surface area contributed by atoms with Gasteiger partial charge in [-0.25, -0.2) is 4.98 Å². The van der Waals surface area contributed by atoms with Gasteiger partial charge in [0.25, 0.3) is 0 Å². The number of anilines is 2. The van der Waals surface area contributed by atoms with Crippen LogP contribution in [-0.4, -0.2) is 38.3 Å². The zero-order chi connectivity index (χ0) is 16.1. The minimum Gasteiger partial charge on any atom is -0.368 e. The highest BCUT2D eigenvalue weighted by Gasteiger charge is 2.07. The van der Waals surface area contributed by atoms with E-state index in [1.165, 1.54) is 0 Å². The number of nitrogens with zero attached hydrogens (tertiary/aromatic N) is 5. The second kappa shape index (κ2) is 7.19. The molecular weight excluding hydrogens is 358 g/mol. The number of hydrogen-bond acceptors (Lipinski definition) is 6. The van der Waals surface area contributed by atoms with E-state index in [9.17, 15) is 0 Å². The molecule has 3 rings (SSSR count). The van der Waals surface area contributed by atoms with Crippen molar-refractivity contribution >= 4 is 27.7 Å². The van der Waals surface area contributed by atoms with E-state index in [-0.39, 0.29) is 0 Å². The lowest BCUT2D eigenvalue weighted by Crippen LogP contribution is -2.17. The summed E-state index contributed by atoms with van der Waals surface area (Å²) in [6.07, 6.45) is 1.78. The van der Waals surface area contributed by atoms with E-state index in [0.29, 0.717) is 19.0 Å². The van der Waals surface area contributed by atoms with Crippen LogP contribution in [0.2, 0.25) is 0 Å². The summed E-state index contributed by atoms with van der Waals surface area (Å²) >= 11 is 3.41. The van der Waals surface area contributed by atoms with E-state index in [1.54, 1.807) is 10.9 Å². The highest BCUT2D eigenvalue weighted by atomic mass is 79.9. The standard InChI is InChI=1S/C15H16BrN7/c1-11-9-12(16)10-19-14(11)17-7-8-18-15-20-21-22-23(15)13-5-3-2-4-6-13/h2-6,9-10H,7-8H2,1H3,(H,17,19)(H,18,20,22). The van der Waals surface area contributed by atoms with E-state index in [0.717, 1.165) is 21.5 Å². The fourth-order valence-electron chi connectivity index (χ4n) is 2.12. The molecule has 1 aromatic carbocycles. The number of rotatable bonds is 6. The van der Waals surface area contributed by atoms with Gasteiger partial charge in [-0.2, -0.15) is 4.68 Å². The summed E-state index contributed by atoms with van der Waals surface area (Å²) in [5.41, 5.74) is 2.01. The predicted octanol–water partition coefficient (Wildman–Crippen LogP) is 2.65. The molecule has 118 valence electrons. The quantitative estimate of drug-likeness (QED) is 0.646. The van der Waals surface area contributed by atoms with Crippen LogP contribution in [0.4, 0.5) is 11.8 Å². The SMILES string of the molecule is Cc1cc(Br)cnc1NCCNc1nnnn1-c1ccccc1. The molecule has 0 aliphatic carbocycles. The number of aromatic nitrogens is 5. The van der Waals surface area contributed by atoms with Crippen molar-refractivity contribution in [3.8, 4) is 5.69 Å². The number of pyridine rings is 1. The summed E-state index contributed by atoms with van der Waals surface area (Å²) in [7, 11) is 0. The van der Waals surface area contributed by atoms with E-state index in [1.807, 2.05) is 43.3 Å².